The van der Waals surface area contributed by atoms with E-state index in [1.54, 1.807) is 7.11 Å². The lowest BCUT2D eigenvalue weighted by Gasteiger charge is -2.27. The average Bonchev–Trinajstić information content (AvgIpc) is 2.46. The lowest BCUT2D eigenvalue weighted by Crippen LogP contribution is -2.41. The highest BCUT2D eigenvalue weighted by molar-refractivity contribution is 5.92. The first-order valence-corrected chi connectivity index (χ1v) is 6.96. The van der Waals surface area contributed by atoms with Crippen molar-refractivity contribution in [3.8, 4) is 5.75 Å². The first kappa shape index (κ1) is 14.8. The lowest BCUT2D eigenvalue weighted by atomic mass is 10.0. The van der Waals surface area contributed by atoms with Crippen LogP contribution in [0.3, 0.4) is 0 Å². The van der Waals surface area contributed by atoms with Gasteiger partial charge in [0.1, 0.15) is 5.75 Å². The Morgan fingerprint density at radius 3 is 2.80 bits per heavy atom. The van der Waals surface area contributed by atoms with Crippen molar-refractivity contribution in [2.24, 2.45) is 0 Å². The minimum Gasteiger partial charge on any atom is -0.497 e. The molecule has 5 heteroatoms. The molecule has 0 bridgehead atoms. The molecule has 20 heavy (non-hydrogen) atoms. The maximum atomic E-state index is 11.9. The van der Waals surface area contributed by atoms with Gasteiger partial charge in [-0.3, -0.25) is 4.79 Å². The van der Waals surface area contributed by atoms with Crippen LogP contribution in [0.15, 0.2) is 24.3 Å². The summed E-state index contributed by atoms with van der Waals surface area (Å²) in [5.41, 5.74) is 0.776. The molecule has 1 heterocycles. The third kappa shape index (κ3) is 4.51. The van der Waals surface area contributed by atoms with E-state index >= 15 is 0 Å². The molecule has 0 spiro atoms. The smallest absolute Gasteiger partial charge is 0.238 e. The summed E-state index contributed by atoms with van der Waals surface area (Å²) in [7, 11) is 1.62. The SMILES string of the molecule is COc1ccc(NC(=O)CNC2CCOC(C)C2)cc1. The minimum absolute atomic E-state index is 0.0330. The topological polar surface area (TPSA) is 59.6 Å². The van der Waals surface area contributed by atoms with Gasteiger partial charge in [0.05, 0.1) is 19.8 Å². The Morgan fingerprint density at radius 2 is 2.15 bits per heavy atom. The van der Waals surface area contributed by atoms with Crippen LogP contribution >= 0.6 is 0 Å². The highest BCUT2D eigenvalue weighted by Crippen LogP contribution is 2.15. The van der Waals surface area contributed by atoms with E-state index in [4.69, 9.17) is 9.47 Å². The molecule has 2 N–H and O–H groups in total. The molecule has 1 aliphatic heterocycles. The van der Waals surface area contributed by atoms with Gasteiger partial charge < -0.3 is 20.1 Å². The highest BCUT2D eigenvalue weighted by atomic mass is 16.5. The molecule has 1 amide bonds. The summed E-state index contributed by atoms with van der Waals surface area (Å²) < 4.78 is 10.6. The first-order valence-electron chi connectivity index (χ1n) is 6.96. The monoisotopic (exact) mass is 278 g/mol. The second-order valence-corrected chi connectivity index (χ2v) is 5.06. The largest absolute Gasteiger partial charge is 0.497 e. The fourth-order valence-corrected chi connectivity index (χ4v) is 2.30. The number of hydrogen-bond acceptors (Lipinski definition) is 4. The molecule has 2 atom stereocenters. The Hall–Kier alpha value is -1.59. The Balaban J connectivity index is 1.74. The lowest BCUT2D eigenvalue weighted by molar-refractivity contribution is -0.115. The third-order valence-corrected chi connectivity index (χ3v) is 3.41. The number of carbonyl (C=O) groups is 1. The fraction of sp³-hybridized carbons (Fsp3) is 0.533. The van der Waals surface area contributed by atoms with Crippen molar-refractivity contribution in [2.45, 2.75) is 31.9 Å². The van der Waals surface area contributed by atoms with Crippen molar-refractivity contribution in [1.29, 1.82) is 0 Å². The van der Waals surface area contributed by atoms with Crippen LogP contribution in [0.5, 0.6) is 5.75 Å². The van der Waals surface area contributed by atoms with Crippen molar-refractivity contribution in [3.05, 3.63) is 24.3 Å². The Bertz CT molecular complexity index is 433. The van der Waals surface area contributed by atoms with Crippen molar-refractivity contribution < 1.29 is 14.3 Å². The highest BCUT2D eigenvalue weighted by Gasteiger charge is 2.19. The number of rotatable bonds is 5. The number of methoxy groups -OCH3 is 1. The van der Waals surface area contributed by atoms with Gasteiger partial charge in [0, 0.05) is 18.3 Å². The standard InChI is InChI=1S/C15H22N2O3/c1-11-9-13(7-8-20-11)16-10-15(18)17-12-3-5-14(19-2)6-4-12/h3-6,11,13,16H,7-10H2,1-2H3,(H,17,18). The molecule has 0 aromatic heterocycles. The van der Waals surface area contributed by atoms with E-state index in [-0.39, 0.29) is 12.0 Å². The number of benzene rings is 1. The van der Waals surface area contributed by atoms with Crippen molar-refractivity contribution >= 4 is 11.6 Å². The molecule has 110 valence electrons. The predicted octanol–water partition coefficient (Wildman–Crippen LogP) is 1.79. The quantitative estimate of drug-likeness (QED) is 0.862. The fourth-order valence-electron chi connectivity index (χ4n) is 2.30. The van der Waals surface area contributed by atoms with E-state index in [9.17, 15) is 4.79 Å². The molecule has 1 aromatic carbocycles. The first-order chi connectivity index (χ1) is 9.67. The number of anilines is 1. The summed E-state index contributed by atoms with van der Waals surface area (Å²) in [6.07, 6.45) is 2.18. The van der Waals surface area contributed by atoms with Gasteiger partial charge >= 0.3 is 0 Å². The van der Waals surface area contributed by atoms with Gasteiger partial charge in [-0.1, -0.05) is 0 Å². The van der Waals surface area contributed by atoms with Gasteiger partial charge in [0.15, 0.2) is 0 Å². The third-order valence-electron chi connectivity index (χ3n) is 3.41. The normalized spacial score (nSPS) is 22.3. The molecular formula is C15H22N2O3. The molecule has 0 radical (unpaired) electrons. The number of nitrogens with one attached hydrogen (secondary N) is 2. The summed E-state index contributed by atoms with van der Waals surface area (Å²) in [6, 6.07) is 7.66. The second kappa shape index (κ2) is 7.26. The molecule has 1 fully saturated rings. The minimum atomic E-state index is -0.0330. The molecule has 0 saturated carbocycles. The van der Waals surface area contributed by atoms with Gasteiger partial charge in [-0.25, -0.2) is 0 Å². The van der Waals surface area contributed by atoms with Crippen LogP contribution in [0.4, 0.5) is 5.69 Å². The Kier molecular flexibility index (Phi) is 5.38. The van der Waals surface area contributed by atoms with Gasteiger partial charge in [-0.05, 0) is 44.0 Å². The van der Waals surface area contributed by atoms with Crippen molar-refractivity contribution in [3.63, 3.8) is 0 Å². The molecule has 1 aromatic rings. The zero-order valence-electron chi connectivity index (χ0n) is 12.0. The van der Waals surface area contributed by atoms with Crippen molar-refractivity contribution in [1.82, 2.24) is 5.32 Å². The molecule has 1 aliphatic rings. The second-order valence-electron chi connectivity index (χ2n) is 5.06. The number of amides is 1. The number of ether oxygens (including phenoxy) is 2. The molecule has 1 saturated heterocycles. The van der Waals surface area contributed by atoms with Crippen LogP contribution < -0.4 is 15.4 Å². The zero-order chi connectivity index (χ0) is 14.4. The predicted molar refractivity (Wildman–Crippen MR) is 78.1 cm³/mol. The number of hydrogen-bond donors (Lipinski definition) is 2. The molecule has 5 nitrogen and oxygen atoms in total. The summed E-state index contributed by atoms with van der Waals surface area (Å²) in [5.74, 6) is 0.742. The van der Waals surface area contributed by atoms with Crippen molar-refractivity contribution in [2.75, 3.05) is 25.6 Å². The van der Waals surface area contributed by atoms with E-state index in [0.717, 1.165) is 30.9 Å². The van der Waals surface area contributed by atoms with Crippen LogP contribution in [0, 0.1) is 0 Å². The molecule has 2 unspecified atom stereocenters. The van der Waals surface area contributed by atoms with Gasteiger partial charge in [-0.15, -0.1) is 0 Å². The molecular weight excluding hydrogens is 256 g/mol. The summed E-state index contributed by atoms with van der Waals surface area (Å²) >= 11 is 0. The zero-order valence-corrected chi connectivity index (χ0v) is 12.0. The van der Waals surface area contributed by atoms with E-state index in [1.165, 1.54) is 0 Å². The molecule has 0 aliphatic carbocycles. The maximum absolute atomic E-state index is 11.9. The Morgan fingerprint density at radius 1 is 1.40 bits per heavy atom. The van der Waals surface area contributed by atoms with Gasteiger partial charge in [0.25, 0.3) is 0 Å². The van der Waals surface area contributed by atoms with Gasteiger partial charge in [-0.2, -0.15) is 0 Å². The Labute approximate surface area is 119 Å². The maximum Gasteiger partial charge on any atom is 0.238 e. The van der Waals surface area contributed by atoms with E-state index in [2.05, 4.69) is 17.6 Å². The van der Waals surface area contributed by atoms with E-state index in [0.29, 0.717) is 12.6 Å². The molecule has 2 rings (SSSR count). The van der Waals surface area contributed by atoms with Crippen LogP contribution in [-0.2, 0) is 9.53 Å². The van der Waals surface area contributed by atoms with Crippen LogP contribution in [-0.4, -0.2) is 38.3 Å². The van der Waals surface area contributed by atoms with Crippen LogP contribution in [0.2, 0.25) is 0 Å². The van der Waals surface area contributed by atoms with Crippen LogP contribution in [0.25, 0.3) is 0 Å². The summed E-state index contributed by atoms with van der Waals surface area (Å²) in [6.45, 7) is 3.15. The van der Waals surface area contributed by atoms with E-state index in [1.807, 2.05) is 24.3 Å². The number of carbonyl (C=O) groups excluding carboxylic acids is 1. The van der Waals surface area contributed by atoms with E-state index < -0.39 is 0 Å². The summed E-state index contributed by atoms with van der Waals surface area (Å²) in [5, 5.41) is 6.13. The van der Waals surface area contributed by atoms with Crippen LogP contribution in [0.1, 0.15) is 19.8 Å². The average molecular weight is 278 g/mol. The summed E-state index contributed by atoms with van der Waals surface area (Å²) in [4.78, 5) is 11.9. The van der Waals surface area contributed by atoms with Gasteiger partial charge in [0.2, 0.25) is 5.91 Å².